The van der Waals surface area contributed by atoms with E-state index in [0.717, 1.165) is 31.4 Å². The van der Waals surface area contributed by atoms with E-state index in [2.05, 4.69) is 44.9 Å². The van der Waals surface area contributed by atoms with Crippen LogP contribution in [0, 0.1) is 10.8 Å². The fraction of sp³-hybridized carbons (Fsp3) is 0.700. The minimum atomic E-state index is -0.460. The number of hydrogen-bond donors (Lipinski definition) is 2. The quantitative estimate of drug-likeness (QED) is 0.211. The summed E-state index contributed by atoms with van der Waals surface area (Å²) >= 11 is 0. The summed E-state index contributed by atoms with van der Waals surface area (Å²) in [4.78, 5) is 32.8. The van der Waals surface area contributed by atoms with Gasteiger partial charge in [-0.05, 0) is 30.1 Å². The van der Waals surface area contributed by atoms with Crippen molar-refractivity contribution in [3.63, 3.8) is 0 Å². The molecule has 0 saturated heterocycles. The molecule has 0 aromatic heterocycles. The molecule has 1 saturated carbocycles. The summed E-state index contributed by atoms with van der Waals surface area (Å²) < 4.78 is 9.74. The van der Waals surface area contributed by atoms with Crippen LogP contribution in [-0.2, 0) is 28.7 Å². The summed E-state index contributed by atoms with van der Waals surface area (Å²) in [6.45, 7) is 14.9. The monoisotopic (exact) mass is 398 g/mol. The van der Waals surface area contributed by atoms with Crippen molar-refractivity contribution in [3.05, 3.63) is 25.3 Å². The van der Waals surface area contributed by atoms with Crippen LogP contribution in [0.2, 0.25) is 0 Å². The van der Waals surface area contributed by atoms with E-state index >= 15 is 0 Å². The molecule has 1 aliphatic rings. The van der Waals surface area contributed by atoms with Gasteiger partial charge in [-0.15, -0.1) is 0 Å². The second-order valence-corrected chi connectivity index (χ2v) is 8.14. The molecule has 0 spiro atoms. The second-order valence-electron chi connectivity index (χ2n) is 8.14. The molecule has 8 nitrogen and oxygen atoms in total. The molecule has 2 N–H and O–H groups in total. The van der Waals surface area contributed by atoms with Gasteiger partial charge in [0.15, 0.2) is 0 Å². The number of nitrogens with one attached hydrogen (secondary N) is 2. The maximum atomic E-state index is 11.0. The molecule has 8 heteroatoms. The van der Waals surface area contributed by atoms with Gasteiger partial charge in [0, 0.05) is 24.7 Å². The van der Waals surface area contributed by atoms with Gasteiger partial charge in [-0.25, -0.2) is 15.1 Å². The Morgan fingerprint density at radius 2 is 1.54 bits per heavy atom. The van der Waals surface area contributed by atoms with Crippen LogP contribution in [0.3, 0.4) is 0 Å². The van der Waals surface area contributed by atoms with Gasteiger partial charge in [0.1, 0.15) is 26.4 Å². The van der Waals surface area contributed by atoms with E-state index in [4.69, 9.17) is 19.1 Å². The Hall–Kier alpha value is -1.74. The Labute approximate surface area is 167 Å². The van der Waals surface area contributed by atoms with Gasteiger partial charge in [0.2, 0.25) is 0 Å². The molecule has 0 radical (unpaired) electrons. The molecular weight excluding hydrogens is 364 g/mol. The normalized spacial score (nSPS) is 23.6. The number of carbonyl (C=O) groups is 2. The average Bonchev–Trinajstić information content (AvgIpc) is 2.62. The first-order valence-corrected chi connectivity index (χ1v) is 9.50. The fourth-order valence-electron chi connectivity index (χ4n) is 3.81. The van der Waals surface area contributed by atoms with Gasteiger partial charge in [-0.3, -0.25) is 9.68 Å². The highest BCUT2D eigenvalue weighted by atomic mass is 16.7. The molecule has 0 heterocycles. The number of ether oxygens (including phenoxy) is 2. The summed E-state index contributed by atoms with van der Waals surface area (Å²) in [5, 5.41) is 0. The summed E-state index contributed by atoms with van der Waals surface area (Å²) in [7, 11) is 0. The lowest BCUT2D eigenvalue weighted by Gasteiger charge is -2.46. The van der Waals surface area contributed by atoms with Gasteiger partial charge >= 0.3 is 11.9 Å². The van der Waals surface area contributed by atoms with Crippen LogP contribution < -0.4 is 11.0 Å². The molecule has 0 aliphatic heterocycles. The van der Waals surface area contributed by atoms with Crippen LogP contribution in [0.25, 0.3) is 0 Å². The first-order chi connectivity index (χ1) is 13.2. The molecule has 2 atom stereocenters. The molecule has 0 aromatic rings. The van der Waals surface area contributed by atoms with E-state index in [1.54, 1.807) is 0 Å². The Balaban J connectivity index is 2.33. The largest absolute Gasteiger partial charge is 0.460 e. The summed E-state index contributed by atoms with van der Waals surface area (Å²) in [5.41, 5.74) is 6.24. The zero-order chi connectivity index (χ0) is 21.0. The van der Waals surface area contributed by atoms with E-state index in [1.807, 2.05) is 0 Å². The molecule has 160 valence electrons. The third-order valence-electron chi connectivity index (χ3n) is 4.49. The molecular formula is C20H34N2O6. The molecule has 2 unspecified atom stereocenters. The highest BCUT2D eigenvalue weighted by Gasteiger charge is 2.41. The lowest BCUT2D eigenvalue weighted by atomic mass is 9.63. The van der Waals surface area contributed by atoms with Gasteiger partial charge in [0.05, 0.1) is 0 Å². The van der Waals surface area contributed by atoms with Crippen LogP contribution in [0.15, 0.2) is 25.3 Å². The summed E-state index contributed by atoms with van der Waals surface area (Å²) in [5.74, 6) is -0.918. The third-order valence-corrected chi connectivity index (χ3v) is 4.49. The van der Waals surface area contributed by atoms with Crippen LogP contribution in [0.5, 0.6) is 0 Å². The third kappa shape index (κ3) is 9.98. The average molecular weight is 399 g/mol. The second kappa shape index (κ2) is 12.0. The minimum absolute atomic E-state index is 0.00980. The van der Waals surface area contributed by atoms with Gasteiger partial charge in [-0.1, -0.05) is 33.9 Å². The standard InChI is InChI=1S/C20H34N2O6/c1-6-17(23)25-8-10-27-21-15-20(5)13-16(12-19(3,4)14-20)22-28-11-9-26-18(24)7-2/h6-7,16,21-22H,1-2,8-15H2,3-5H3. The van der Waals surface area contributed by atoms with Crippen LogP contribution in [-0.4, -0.2) is 51.0 Å². The lowest BCUT2D eigenvalue weighted by molar-refractivity contribution is -0.142. The number of esters is 2. The fourth-order valence-corrected chi connectivity index (χ4v) is 3.81. The minimum Gasteiger partial charge on any atom is -0.460 e. The van der Waals surface area contributed by atoms with Gasteiger partial charge < -0.3 is 9.47 Å². The predicted octanol–water partition coefficient (Wildman–Crippen LogP) is 2.07. The topological polar surface area (TPSA) is 95.1 Å². The zero-order valence-electron chi connectivity index (χ0n) is 17.3. The highest BCUT2D eigenvalue weighted by Crippen LogP contribution is 2.45. The van der Waals surface area contributed by atoms with Crippen molar-refractivity contribution >= 4 is 11.9 Å². The van der Waals surface area contributed by atoms with Crippen LogP contribution in [0.4, 0.5) is 0 Å². The van der Waals surface area contributed by atoms with Crippen molar-refractivity contribution in [2.45, 2.75) is 46.1 Å². The molecule has 0 bridgehead atoms. The number of hydrogen-bond acceptors (Lipinski definition) is 8. The summed E-state index contributed by atoms with van der Waals surface area (Å²) in [6, 6.07) is 0.180. The smallest absolute Gasteiger partial charge is 0.330 e. The maximum Gasteiger partial charge on any atom is 0.330 e. The molecule has 1 fully saturated rings. The van der Waals surface area contributed by atoms with E-state index < -0.39 is 11.9 Å². The number of hydroxylamine groups is 2. The first kappa shape index (κ1) is 24.3. The zero-order valence-corrected chi connectivity index (χ0v) is 17.3. The molecule has 1 aliphatic carbocycles. The lowest BCUT2D eigenvalue weighted by Crippen LogP contribution is -2.48. The van der Waals surface area contributed by atoms with Crippen molar-refractivity contribution < 1.29 is 28.7 Å². The van der Waals surface area contributed by atoms with Crippen molar-refractivity contribution in [3.8, 4) is 0 Å². The molecule has 28 heavy (non-hydrogen) atoms. The summed E-state index contributed by atoms with van der Waals surface area (Å²) in [6.07, 6.45) is 5.17. The van der Waals surface area contributed by atoms with Crippen molar-refractivity contribution in [2.75, 3.05) is 33.0 Å². The Bertz CT molecular complexity index is 537. The predicted molar refractivity (Wildman–Crippen MR) is 105 cm³/mol. The van der Waals surface area contributed by atoms with Crippen LogP contribution >= 0.6 is 0 Å². The highest BCUT2D eigenvalue weighted by molar-refractivity contribution is 5.81. The molecule has 1 rings (SSSR count). The Morgan fingerprint density at radius 1 is 0.964 bits per heavy atom. The SMILES string of the molecule is C=CC(=O)OCCONCC1(C)CC(NOCCOC(=O)C=C)CC(C)(C)C1. The number of carbonyl (C=O) groups excluding carboxylic acids is 2. The van der Waals surface area contributed by atoms with Gasteiger partial charge in [-0.2, -0.15) is 5.48 Å². The van der Waals surface area contributed by atoms with Crippen LogP contribution in [0.1, 0.15) is 40.0 Å². The first-order valence-electron chi connectivity index (χ1n) is 9.50. The maximum absolute atomic E-state index is 11.0. The van der Waals surface area contributed by atoms with E-state index in [-0.39, 0.29) is 43.3 Å². The molecule has 0 amide bonds. The van der Waals surface area contributed by atoms with E-state index in [1.165, 1.54) is 0 Å². The number of rotatable bonds is 13. The van der Waals surface area contributed by atoms with Crippen molar-refractivity contribution in [2.24, 2.45) is 10.8 Å². The van der Waals surface area contributed by atoms with Crippen molar-refractivity contribution in [1.29, 1.82) is 0 Å². The van der Waals surface area contributed by atoms with Gasteiger partial charge in [0.25, 0.3) is 0 Å². The van der Waals surface area contributed by atoms with Crippen molar-refractivity contribution in [1.82, 2.24) is 11.0 Å². The van der Waals surface area contributed by atoms with E-state index in [9.17, 15) is 9.59 Å². The Kier molecular flexibility index (Phi) is 10.4. The molecule has 0 aromatic carbocycles. The van der Waals surface area contributed by atoms with E-state index in [0.29, 0.717) is 6.54 Å². The Morgan fingerprint density at radius 3 is 2.11 bits per heavy atom.